The Balaban J connectivity index is 0.000000786. The van der Waals surface area contributed by atoms with Gasteiger partial charge in [0.05, 0.1) is 29.0 Å². The van der Waals surface area contributed by atoms with Gasteiger partial charge in [0.2, 0.25) is 12.3 Å². The minimum atomic E-state index is -0.603. The van der Waals surface area contributed by atoms with Gasteiger partial charge in [-0.15, -0.1) is 0 Å². The first-order valence-corrected chi connectivity index (χ1v) is 12.2. The van der Waals surface area contributed by atoms with Crippen LogP contribution in [0.3, 0.4) is 0 Å². The monoisotopic (exact) mass is 496 g/mol. The molecule has 1 atom stereocenters. The standard InChI is InChI=1S/C22H20ClFN6O2.C3H6/c1-11(27-22(32)12-3-2-4-12)17-20(24)19(23)18(14-7-26-29-21(14)17)13-5-6-16-28-15(25-10-31)9-30(16)8-13;1-2-3-1/h5-12H,2-4H2,1H3,(H,25,31)(H,26,29)(H,27,32);1-3H2. The van der Waals surface area contributed by atoms with Gasteiger partial charge in [-0.1, -0.05) is 37.3 Å². The molecule has 1 aromatic carbocycles. The third kappa shape index (κ3) is 4.60. The second-order valence-electron chi connectivity index (χ2n) is 9.07. The normalized spacial score (nSPS) is 15.7. The molecule has 35 heavy (non-hydrogen) atoms. The maximum atomic E-state index is 15.6. The molecule has 2 amide bonds. The Morgan fingerprint density at radius 1 is 1.26 bits per heavy atom. The van der Waals surface area contributed by atoms with Gasteiger partial charge < -0.3 is 15.0 Å². The van der Waals surface area contributed by atoms with Crippen molar-refractivity contribution in [3.63, 3.8) is 0 Å². The molecule has 2 saturated carbocycles. The number of H-pyrrole nitrogens is 1. The summed E-state index contributed by atoms with van der Waals surface area (Å²) in [5.41, 5.74) is 2.51. The average Bonchev–Trinajstić information content (AvgIpc) is 3.51. The van der Waals surface area contributed by atoms with Gasteiger partial charge in [-0.05, 0) is 31.9 Å². The zero-order valence-corrected chi connectivity index (χ0v) is 20.0. The third-order valence-electron chi connectivity index (χ3n) is 6.39. The van der Waals surface area contributed by atoms with Crippen molar-refractivity contribution >= 4 is 46.3 Å². The number of carbonyl (C=O) groups is 2. The van der Waals surface area contributed by atoms with Crippen LogP contribution in [-0.4, -0.2) is 31.9 Å². The van der Waals surface area contributed by atoms with Crippen molar-refractivity contribution in [1.82, 2.24) is 24.9 Å². The van der Waals surface area contributed by atoms with E-state index in [4.69, 9.17) is 11.6 Å². The lowest BCUT2D eigenvalue weighted by atomic mass is 9.84. The van der Waals surface area contributed by atoms with Gasteiger partial charge in [-0.3, -0.25) is 14.7 Å². The molecule has 1 unspecified atom stereocenters. The summed E-state index contributed by atoms with van der Waals surface area (Å²) < 4.78 is 17.3. The van der Waals surface area contributed by atoms with Crippen molar-refractivity contribution in [3.05, 3.63) is 47.1 Å². The number of imidazole rings is 1. The largest absolute Gasteiger partial charge is 0.349 e. The predicted molar refractivity (Wildman–Crippen MR) is 133 cm³/mol. The summed E-state index contributed by atoms with van der Waals surface area (Å²) >= 11 is 6.54. The SMILES string of the molecule is C1CC1.CC(NC(=O)C1CCC1)c1c(F)c(Cl)c(-c2ccc3nc(NC=O)cn3c2)c2cn[nH]c12. The van der Waals surface area contributed by atoms with E-state index in [-0.39, 0.29) is 22.4 Å². The second-order valence-corrected chi connectivity index (χ2v) is 9.44. The minimum absolute atomic E-state index is 0.00647. The van der Waals surface area contributed by atoms with Gasteiger partial charge in [0.1, 0.15) is 11.5 Å². The van der Waals surface area contributed by atoms with E-state index in [0.717, 1.165) is 19.3 Å². The zero-order chi connectivity index (χ0) is 24.5. The van der Waals surface area contributed by atoms with Crippen LogP contribution in [0.1, 0.15) is 57.1 Å². The van der Waals surface area contributed by atoms with E-state index in [1.807, 2.05) is 0 Å². The molecule has 3 aromatic heterocycles. The molecule has 0 radical (unpaired) electrons. The number of aromatic amines is 1. The molecule has 6 rings (SSSR count). The van der Waals surface area contributed by atoms with Crippen molar-refractivity contribution in [1.29, 1.82) is 0 Å². The van der Waals surface area contributed by atoms with E-state index < -0.39 is 11.9 Å². The Morgan fingerprint density at radius 3 is 2.69 bits per heavy atom. The van der Waals surface area contributed by atoms with Gasteiger partial charge in [0, 0.05) is 34.2 Å². The summed E-state index contributed by atoms with van der Waals surface area (Å²) in [5, 5.41) is 13.0. The molecule has 0 bridgehead atoms. The first-order chi connectivity index (χ1) is 17.0. The smallest absolute Gasteiger partial charge is 0.223 e. The van der Waals surface area contributed by atoms with E-state index in [1.54, 1.807) is 42.0 Å². The van der Waals surface area contributed by atoms with Crippen LogP contribution in [-0.2, 0) is 9.59 Å². The van der Waals surface area contributed by atoms with Crippen LogP contribution in [0.15, 0.2) is 30.7 Å². The fraction of sp³-hybridized carbons (Fsp3) is 0.360. The molecule has 4 aromatic rings. The quantitative estimate of drug-likeness (QED) is 0.311. The van der Waals surface area contributed by atoms with Crippen molar-refractivity contribution in [2.24, 2.45) is 5.92 Å². The van der Waals surface area contributed by atoms with E-state index >= 15 is 4.39 Å². The number of hydrogen-bond donors (Lipinski definition) is 3. The van der Waals surface area contributed by atoms with Crippen molar-refractivity contribution < 1.29 is 14.0 Å². The highest BCUT2D eigenvalue weighted by Gasteiger charge is 2.29. The molecule has 182 valence electrons. The number of carbonyl (C=O) groups excluding carboxylic acids is 2. The number of amides is 2. The second kappa shape index (κ2) is 9.65. The molecule has 8 nitrogen and oxygen atoms in total. The number of nitrogens with one attached hydrogen (secondary N) is 3. The molecule has 2 aliphatic rings. The molecule has 10 heteroatoms. The highest BCUT2D eigenvalue weighted by atomic mass is 35.5. The van der Waals surface area contributed by atoms with Gasteiger partial charge in [0.15, 0.2) is 5.82 Å². The summed E-state index contributed by atoms with van der Waals surface area (Å²) in [4.78, 5) is 27.4. The molecule has 0 saturated heterocycles. The van der Waals surface area contributed by atoms with Crippen LogP contribution in [0.5, 0.6) is 0 Å². The highest BCUT2D eigenvalue weighted by molar-refractivity contribution is 6.35. The lowest BCUT2D eigenvalue weighted by molar-refractivity contribution is -0.128. The number of anilines is 1. The molecule has 0 spiro atoms. The molecular formula is C25H26ClFN6O2. The number of halogens is 2. The molecular weight excluding hydrogens is 471 g/mol. The highest BCUT2D eigenvalue weighted by Crippen LogP contribution is 2.41. The van der Waals surface area contributed by atoms with Crippen LogP contribution < -0.4 is 10.6 Å². The van der Waals surface area contributed by atoms with Crippen LogP contribution in [0.25, 0.3) is 27.7 Å². The first-order valence-electron chi connectivity index (χ1n) is 11.8. The number of rotatable bonds is 6. The number of fused-ring (bicyclic) bond motifs is 2. The van der Waals surface area contributed by atoms with Crippen molar-refractivity contribution in [2.75, 3.05) is 5.32 Å². The fourth-order valence-corrected chi connectivity index (χ4v) is 4.48. The Bertz CT molecular complexity index is 1410. The first kappa shape index (κ1) is 23.3. The molecule has 3 N–H and O–H groups in total. The number of aromatic nitrogens is 4. The minimum Gasteiger partial charge on any atom is -0.349 e. The van der Waals surface area contributed by atoms with Crippen LogP contribution >= 0.6 is 11.6 Å². The van der Waals surface area contributed by atoms with Crippen LogP contribution in [0, 0.1) is 11.7 Å². The maximum Gasteiger partial charge on any atom is 0.223 e. The summed E-state index contributed by atoms with van der Waals surface area (Å²) in [6.45, 7) is 1.74. The van der Waals surface area contributed by atoms with E-state index in [2.05, 4.69) is 25.8 Å². The Kier molecular flexibility index (Phi) is 6.42. The molecule has 2 fully saturated rings. The van der Waals surface area contributed by atoms with E-state index in [1.165, 1.54) is 19.3 Å². The maximum absolute atomic E-state index is 15.6. The Hall–Kier alpha value is -3.46. The lowest BCUT2D eigenvalue weighted by Gasteiger charge is -2.27. The molecule has 0 aliphatic heterocycles. The van der Waals surface area contributed by atoms with Crippen molar-refractivity contribution in [2.45, 2.75) is 51.5 Å². The lowest BCUT2D eigenvalue weighted by Crippen LogP contribution is -2.36. The molecule has 3 heterocycles. The number of benzene rings is 1. The third-order valence-corrected chi connectivity index (χ3v) is 6.75. The van der Waals surface area contributed by atoms with Gasteiger partial charge in [-0.2, -0.15) is 5.10 Å². The van der Waals surface area contributed by atoms with E-state index in [0.29, 0.717) is 39.9 Å². The average molecular weight is 497 g/mol. The number of hydrogen-bond acceptors (Lipinski definition) is 4. The summed E-state index contributed by atoms with van der Waals surface area (Å²) in [6, 6.07) is 2.95. The fourth-order valence-electron chi connectivity index (χ4n) is 4.17. The Morgan fingerprint density at radius 2 is 2.03 bits per heavy atom. The Labute approximate surface area is 206 Å². The molecule has 2 aliphatic carbocycles. The summed E-state index contributed by atoms with van der Waals surface area (Å²) in [6.07, 6.45) is 12.8. The van der Waals surface area contributed by atoms with Gasteiger partial charge in [-0.25, -0.2) is 9.37 Å². The van der Waals surface area contributed by atoms with Crippen LogP contribution in [0.4, 0.5) is 10.2 Å². The topological polar surface area (TPSA) is 104 Å². The van der Waals surface area contributed by atoms with Gasteiger partial charge in [0.25, 0.3) is 0 Å². The van der Waals surface area contributed by atoms with Crippen LogP contribution in [0.2, 0.25) is 5.02 Å². The summed E-state index contributed by atoms with van der Waals surface area (Å²) in [5.74, 6) is -0.280. The van der Waals surface area contributed by atoms with Gasteiger partial charge >= 0.3 is 0 Å². The van der Waals surface area contributed by atoms with E-state index in [9.17, 15) is 9.59 Å². The number of pyridine rings is 1. The summed E-state index contributed by atoms with van der Waals surface area (Å²) in [7, 11) is 0. The number of nitrogens with zero attached hydrogens (tertiary/aromatic N) is 3. The zero-order valence-electron chi connectivity index (χ0n) is 19.3. The van der Waals surface area contributed by atoms with Crippen molar-refractivity contribution in [3.8, 4) is 11.1 Å². The predicted octanol–water partition coefficient (Wildman–Crippen LogP) is 5.39.